The van der Waals surface area contributed by atoms with E-state index in [2.05, 4.69) is 25.6 Å². The first kappa shape index (κ1) is 14.3. The maximum absolute atomic E-state index is 10.2. The van der Waals surface area contributed by atoms with Crippen molar-refractivity contribution in [2.45, 2.75) is 18.4 Å². The molecule has 102 valence electrons. The molecule has 0 aliphatic carbocycles. The van der Waals surface area contributed by atoms with Gasteiger partial charge < -0.3 is 5.11 Å². The van der Waals surface area contributed by atoms with Gasteiger partial charge in [0.15, 0.2) is 0 Å². The van der Waals surface area contributed by atoms with Gasteiger partial charge in [-0.05, 0) is 18.1 Å². The fraction of sp³-hybridized carbons (Fsp3) is 0.158. The van der Waals surface area contributed by atoms with Gasteiger partial charge in [-0.3, -0.25) is 0 Å². The van der Waals surface area contributed by atoms with E-state index < -0.39 is 6.10 Å². The summed E-state index contributed by atoms with van der Waals surface area (Å²) < 4.78 is 0. The molecule has 2 aromatic rings. The van der Waals surface area contributed by atoms with Crippen molar-refractivity contribution >= 4 is 0 Å². The van der Waals surface area contributed by atoms with Crippen molar-refractivity contribution < 1.29 is 5.11 Å². The van der Waals surface area contributed by atoms with Crippen LogP contribution in [-0.2, 0) is 5.41 Å². The smallest absolute Gasteiger partial charge is 0.0972 e. The molecule has 0 bridgehead atoms. The Bertz CT molecular complexity index is 571. The van der Waals surface area contributed by atoms with Crippen LogP contribution < -0.4 is 0 Å². The molecular formula is C19H20O. The third-order valence-corrected chi connectivity index (χ3v) is 3.59. The minimum atomic E-state index is -0.598. The van der Waals surface area contributed by atoms with Crippen LogP contribution in [0.3, 0.4) is 0 Å². The highest BCUT2D eigenvalue weighted by Crippen LogP contribution is 2.28. The monoisotopic (exact) mass is 264 g/mol. The minimum Gasteiger partial charge on any atom is -0.384 e. The second kappa shape index (κ2) is 6.36. The summed E-state index contributed by atoms with van der Waals surface area (Å²) in [5.41, 5.74) is 1.77. The fourth-order valence-electron chi connectivity index (χ4n) is 2.13. The van der Waals surface area contributed by atoms with Crippen molar-refractivity contribution in [3.8, 4) is 0 Å². The van der Waals surface area contributed by atoms with Crippen molar-refractivity contribution in [1.82, 2.24) is 0 Å². The molecule has 1 N–H and O–H groups in total. The maximum atomic E-state index is 10.2. The Labute approximate surface area is 120 Å². The standard InChI is InChI=1S/C19H20O/c1-3-19(2,17-12-8-5-9-13-17)15-14-18(20)16-10-6-4-7-11-16/h3-15,18,20H,1H2,2H3/b15-14-/t18-,19?/m1/s1. The molecule has 0 heterocycles. The van der Waals surface area contributed by atoms with Crippen LogP contribution in [0.5, 0.6) is 0 Å². The van der Waals surface area contributed by atoms with E-state index in [4.69, 9.17) is 0 Å². The Morgan fingerprint density at radius 2 is 1.55 bits per heavy atom. The van der Waals surface area contributed by atoms with Gasteiger partial charge in [0.25, 0.3) is 0 Å². The van der Waals surface area contributed by atoms with Crippen molar-refractivity contribution in [3.05, 3.63) is 96.6 Å². The van der Waals surface area contributed by atoms with Gasteiger partial charge in [-0.1, -0.05) is 78.9 Å². The van der Waals surface area contributed by atoms with Crippen molar-refractivity contribution in [2.75, 3.05) is 0 Å². The Kier molecular flexibility index (Phi) is 4.54. The topological polar surface area (TPSA) is 20.2 Å². The number of hydrogen-bond acceptors (Lipinski definition) is 1. The third-order valence-electron chi connectivity index (χ3n) is 3.59. The van der Waals surface area contributed by atoms with Crippen LogP contribution in [-0.4, -0.2) is 5.11 Å². The summed E-state index contributed by atoms with van der Waals surface area (Å²) in [6, 6.07) is 19.8. The van der Waals surface area contributed by atoms with Gasteiger partial charge in [-0.2, -0.15) is 0 Å². The average molecular weight is 264 g/mol. The highest BCUT2D eigenvalue weighted by molar-refractivity contribution is 5.36. The van der Waals surface area contributed by atoms with E-state index in [1.807, 2.05) is 66.8 Å². The number of hydrogen-bond donors (Lipinski definition) is 1. The molecule has 1 heteroatoms. The predicted octanol–water partition coefficient (Wildman–Crippen LogP) is 4.42. The molecule has 0 spiro atoms. The fourth-order valence-corrected chi connectivity index (χ4v) is 2.13. The highest BCUT2D eigenvalue weighted by Gasteiger charge is 2.19. The molecule has 0 aliphatic heterocycles. The molecule has 2 aromatic carbocycles. The van der Waals surface area contributed by atoms with Crippen LogP contribution in [0.4, 0.5) is 0 Å². The van der Waals surface area contributed by atoms with E-state index in [0.717, 1.165) is 11.1 Å². The molecule has 2 atom stereocenters. The SMILES string of the molecule is C=CC(C)(/C=C\[C@@H](O)c1ccccc1)c1ccccc1. The highest BCUT2D eigenvalue weighted by atomic mass is 16.3. The Morgan fingerprint density at radius 3 is 2.10 bits per heavy atom. The Balaban J connectivity index is 2.22. The van der Waals surface area contributed by atoms with E-state index in [-0.39, 0.29) is 5.41 Å². The normalized spacial score (nSPS) is 15.7. The van der Waals surface area contributed by atoms with E-state index in [1.165, 1.54) is 0 Å². The lowest BCUT2D eigenvalue weighted by Crippen LogP contribution is -2.15. The lowest BCUT2D eigenvalue weighted by Gasteiger charge is -2.22. The lowest BCUT2D eigenvalue weighted by atomic mass is 9.82. The molecule has 20 heavy (non-hydrogen) atoms. The van der Waals surface area contributed by atoms with E-state index in [0.29, 0.717) is 0 Å². The largest absolute Gasteiger partial charge is 0.384 e. The van der Waals surface area contributed by atoms with Gasteiger partial charge in [-0.15, -0.1) is 6.58 Å². The summed E-state index contributed by atoms with van der Waals surface area (Å²) in [6.45, 7) is 6.01. The summed E-state index contributed by atoms with van der Waals surface area (Å²) >= 11 is 0. The minimum absolute atomic E-state index is 0.281. The molecule has 2 rings (SSSR count). The molecule has 1 unspecified atom stereocenters. The molecule has 0 aromatic heterocycles. The van der Waals surface area contributed by atoms with Crippen LogP contribution in [0.25, 0.3) is 0 Å². The van der Waals surface area contributed by atoms with Gasteiger partial charge in [0, 0.05) is 5.41 Å². The van der Waals surface area contributed by atoms with Gasteiger partial charge in [-0.25, -0.2) is 0 Å². The molecule has 0 saturated heterocycles. The molecule has 0 amide bonds. The third kappa shape index (κ3) is 3.25. The second-order valence-corrected chi connectivity index (χ2v) is 5.07. The van der Waals surface area contributed by atoms with Crippen LogP contribution in [0.1, 0.15) is 24.2 Å². The summed E-state index contributed by atoms with van der Waals surface area (Å²) in [4.78, 5) is 0. The quantitative estimate of drug-likeness (QED) is 0.793. The molecule has 0 fully saturated rings. The number of aliphatic hydroxyl groups is 1. The summed E-state index contributed by atoms with van der Waals surface area (Å²) in [6.07, 6.45) is 5.13. The zero-order valence-corrected chi connectivity index (χ0v) is 11.7. The Morgan fingerprint density at radius 1 is 1.00 bits per heavy atom. The van der Waals surface area contributed by atoms with Gasteiger partial charge in [0.05, 0.1) is 6.10 Å². The van der Waals surface area contributed by atoms with Crippen molar-refractivity contribution in [3.63, 3.8) is 0 Å². The van der Waals surface area contributed by atoms with Crippen LogP contribution in [0.2, 0.25) is 0 Å². The van der Waals surface area contributed by atoms with Crippen molar-refractivity contribution in [1.29, 1.82) is 0 Å². The molecule has 1 nitrogen and oxygen atoms in total. The summed E-state index contributed by atoms with van der Waals surface area (Å²) in [5, 5.41) is 10.2. The van der Waals surface area contributed by atoms with Crippen LogP contribution in [0.15, 0.2) is 85.5 Å². The van der Waals surface area contributed by atoms with Crippen LogP contribution in [0, 0.1) is 0 Å². The summed E-state index contributed by atoms with van der Waals surface area (Å²) in [7, 11) is 0. The van der Waals surface area contributed by atoms with E-state index in [1.54, 1.807) is 0 Å². The maximum Gasteiger partial charge on any atom is 0.0972 e. The second-order valence-electron chi connectivity index (χ2n) is 5.07. The average Bonchev–Trinajstić information content (AvgIpc) is 2.54. The summed E-state index contributed by atoms with van der Waals surface area (Å²) in [5.74, 6) is 0. The number of aliphatic hydroxyl groups excluding tert-OH is 1. The molecule has 0 saturated carbocycles. The first-order chi connectivity index (χ1) is 9.65. The number of benzene rings is 2. The molecule has 0 radical (unpaired) electrons. The lowest BCUT2D eigenvalue weighted by molar-refractivity contribution is 0.228. The zero-order chi connectivity index (χ0) is 14.4. The number of rotatable bonds is 5. The molecular weight excluding hydrogens is 244 g/mol. The first-order valence-corrected chi connectivity index (χ1v) is 6.77. The van der Waals surface area contributed by atoms with Gasteiger partial charge in [0.1, 0.15) is 0 Å². The molecule has 0 aliphatic rings. The van der Waals surface area contributed by atoms with E-state index in [9.17, 15) is 5.11 Å². The van der Waals surface area contributed by atoms with Gasteiger partial charge >= 0.3 is 0 Å². The predicted molar refractivity (Wildman–Crippen MR) is 84.5 cm³/mol. The van der Waals surface area contributed by atoms with Gasteiger partial charge in [0.2, 0.25) is 0 Å². The number of allylic oxidation sites excluding steroid dienone is 2. The van der Waals surface area contributed by atoms with Crippen molar-refractivity contribution in [2.24, 2.45) is 0 Å². The zero-order valence-electron chi connectivity index (χ0n) is 11.7. The van der Waals surface area contributed by atoms with Crippen LogP contribution >= 0.6 is 0 Å². The van der Waals surface area contributed by atoms with E-state index >= 15 is 0 Å². The first-order valence-electron chi connectivity index (χ1n) is 6.77. The Hall–Kier alpha value is -2.12.